The highest BCUT2D eigenvalue weighted by Crippen LogP contribution is 2.33. The SMILES string of the molecule is [C-]#[N+]c1ccc(COc2cccc(-c3ccc(Cc4nc5ccc(C(=O)O)c(F)c5n4C[C@@H]4CCO4)cc3F)n2)c(F)c1.[C-]#[N+]c1ccc(COc2cccc(-c3ccc(Cc4nc5ccc(C(=O)OCC)c(F)c5n4C[C@@H]4CCO4)cc3F)n2)c(F)c1. The Morgan fingerprint density at radius 3 is 1.43 bits per heavy atom. The number of hydrogen-bond donors (Lipinski definition) is 1. The van der Waals surface area contributed by atoms with Gasteiger partial charge in [0.25, 0.3) is 0 Å². The standard InChI is InChI=1S/C34H27F3N4O4.C32H23F3N4O4/c1-3-43-34(42)25-11-12-29-33(32(25)37)41(18-23-13-14-44-23)30(39-29)16-20-7-10-24(27(36)15-20)28-5-4-6-31(40-28)45-19-21-8-9-22(38-2)17-26(21)35;1-36-20-7-6-19(24(33)15-20)17-43-29-4-2-3-26(38-29)22-8-5-18(13-25(22)34)14-28-37-27-10-9-23(32(40)41)30(35)31(27)39(28)16-21-11-12-42-21/h4-12,15,17,23H,3,13-14,16,18-19H2,1H3;2-10,13,15,21H,11-12,14,16-17H2,(H,40,41)/t23-;21-/m00/s1. The summed E-state index contributed by atoms with van der Waals surface area (Å²) in [4.78, 5) is 48.2. The molecule has 0 saturated carbocycles. The lowest BCUT2D eigenvalue weighted by atomic mass is 10.1. The molecule has 2 atom stereocenters. The number of nitrogens with zero attached hydrogens (tertiary/aromatic N) is 8. The summed E-state index contributed by atoms with van der Waals surface area (Å²) in [5.74, 6) is -4.63. The van der Waals surface area contributed by atoms with Crippen molar-refractivity contribution in [2.24, 2.45) is 0 Å². The van der Waals surface area contributed by atoms with Crippen molar-refractivity contribution in [3.8, 4) is 34.3 Å². The van der Waals surface area contributed by atoms with Gasteiger partial charge in [-0.2, -0.15) is 0 Å². The summed E-state index contributed by atoms with van der Waals surface area (Å²) < 4.78 is 121. The highest BCUT2D eigenvalue weighted by Gasteiger charge is 2.28. The van der Waals surface area contributed by atoms with Crippen LogP contribution in [0.2, 0.25) is 0 Å². The number of halogens is 6. The zero-order valence-electron chi connectivity index (χ0n) is 46.8. The number of carbonyl (C=O) groups excluding carboxylic acids is 1. The summed E-state index contributed by atoms with van der Waals surface area (Å²) in [6.45, 7) is 17.3. The molecule has 2 saturated heterocycles. The lowest BCUT2D eigenvalue weighted by Gasteiger charge is -2.27. The monoisotopic (exact) mass is 1200 g/mol. The van der Waals surface area contributed by atoms with Crippen LogP contribution in [0.5, 0.6) is 11.8 Å². The van der Waals surface area contributed by atoms with Gasteiger partial charge in [0.15, 0.2) is 23.0 Å². The molecular weight excluding hydrogens is 1150 g/mol. The third kappa shape index (κ3) is 12.9. The van der Waals surface area contributed by atoms with Gasteiger partial charge in [0.2, 0.25) is 11.8 Å². The van der Waals surface area contributed by atoms with Crippen LogP contribution in [0.3, 0.4) is 0 Å². The van der Waals surface area contributed by atoms with Crippen molar-refractivity contribution in [3.05, 3.63) is 236 Å². The number of carboxylic acid groups (broad SMARTS) is 1. The highest BCUT2D eigenvalue weighted by molar-refractivity contribution is 5.95. The predicted molar refractivity (Wildman–Crippen MR) is 310 cm³/mol. The Morgan fingerprint density at radius 2 is 1.03 bits per heavy atom. The van der Waals surface area contributed by atoms with Crippen molar-refractivity contribution in [3.63, 3.8) is 0 Å². The Bertz CT molecular complexity index is 4420. The molecule has 4 aromatic heterocycles. The number of carboxylic acids is 1. The van der Waals surface area contributed by atoms with Gasteiger partial charge in [-0.1, -0.05) is 48.5 Å². The minimum absolute atomic E-state index is 0.0747. The minimum atomic E-state index is -1.38. The van der Waals surface area contributed by atoms with Crippen LogP contribution < -0.4 is 9.47 Å². The van der Waals surface area contributed by atoms with Gasteiger partial charge >= 0.3 is 11.9 Å². The van der Waals surface area contributed by atoms with Crippen molar-refractivity contribution < 1.29 is 64.7 Å². The highest BCUT2D eigenvalue weighted by atomic mass is 19.1. The summed E-state index contributed by atoms with van der Waals surface area (Å²) in [5.41, 5.74) is 3.43. The van der Waals surface area contributed by atoms with Gasteiger partial charge < -0.3 is 37.9 Å². The number of ether oxygens (including phenoxy) is 5. The molecule has 0 bridgehead atoms. The summed E-state index contributed by atoms with van der Waals surface area (Å²) in [6, 6.07) is 32.9. The summed E-state index contributed by atoms with van der Waals surface area (Å²) in [5, 5.41) is 9.40. The van der Waals surface area contributed by atoms with Crippen LogP contribution in [0.1, 0.15) is 74.4 Å². The predicted octanol–water partition coefficient (Wildman–Crippen LogP) is 13.9. The molecule has 2 aliphatic rings. The van der Waals surface area contributed by atoms with E-state index in [1.165, 1.54) is 54.6 Å². The van der Waals surface area contributed by atoms with Crippen LogP contribution in [0.15, 0.2) is 133 Å². The molecule has 0 radical (unpaired) electrons. The Labute approximate surface area is 498 Å². The first kappa shape index (κ1) is 59.3. The molecule has 88 heavy (non-hydrogen) atoms. The Morgan fingerprint density at radius 1 is 0.580 bits per heavy atom. The lowest BCUT2D eigenvalue weighted by molar-refractivity contribution is -0.0591. The second-order valence-corrected chi connectivity index (χ2v) is 20.5. The number of imidazole rings is 2. The fraction of sp³-hybridized carbons (Fsp3) is 0.212. The van der Waals surface area contributed by atoms with Gasteiger partial charge in [0.1, 0.15) is 59.2 Å². The summed E-state index contributed by atoms with van der Waals surface area (Å²) >= 11 is 0. The maximum atomic E-state index is 15.7. The second-order valence-electron chi connectivity index (χ2n) is 20.5. The fourth-order valence-corrected chi connectivity index (χ4v) is 10.1. The summed E-state index contributed by atoms with van der Waals surface area (Å²) in [6.07, 6.45) is 1.66. The van der Waals surface area contributed by atoms with E-state index < -0.39 is 52.4 Å². The van der Waals surface area contributed by atoms with E-state index in [4.69, 9.17) is 36.8 Å². The molecule has 12 rings (SSSR count). The molecule has 0 aliphatic carbocycles. The van der Waals surface area contributed by atoms with E-state index in [1.807, 2.05) is 0 Å². The van der Waals surface area contributed by atoms with Crippen molar-refractivity contribution in [1.29, 1.82) is 0 Å². The molecule has 1 N–H and O–H groups in total. The van der Waals surface area contributed by atoms with E-state index in [-0.39, 0.29) is 113 Å². The molecule has 444 valence electrons. The topological polar surface area (TPSA) is 171 Å². The van der Waals surface area contributed by atoms with E-state index >= 15 is 17.6 Å². The first-order chi connectivity index (χ1) is 42.6. The van der Waals surface area contributed by atoms with Crippen molar-refractivity contribution in [2.75, 3.05) is 19.8 Å². The van der Waals surface area contributed by atoms with Crippen LogP contribution in [0.4, 0.5) is 37.7 Å². The van der Waals surface area contributed by atoms with Gasteiger partial charge in [-0.15, -0.1) is 0 Å². The van der Waals surface area contributed by atoms with Gasteiger partial charge in [0, 0.05) is 60.4 Å². The van der Waals surface area contributed by atoms with Crippen molar-refractivity contribution in [1.82, 2.24) is 29.1 Å². The molecule has 6 heterocycles. The van der Waals surface area contributed by atoms with Crippen LogP contribution in [0, 0.1) is 48.0 Å². The normalized spacial score (nSPS) is 14.2. The zero-order chi connectivity index (χ0) is 61.6. The van der Waals surface area contributed by atoms with E-state index in [2.05, 4.69) is 29.6 Å². The van der Waals surface area contributed by atoms with Gasteiger partial charge in [-0.05, 0) is 104 Å². The van der Waals surface area contributed by atoms with E-state index in [1.54, 1.807) is 82.8 Å². The Hall–Kier alpha value is -10.4. The van der Waals surface area contributed by atoms with Gasteiger partial charge in [-0.3, -0.25) is 0 Å². The molecule has 0 unspecified atom stereocenters. The van der Waals surface area contributed by atoms with Crippen LogP contribution in [0.25, 0.3) is 54.3 Å². The fourth-order valence-electron chi connectivity index (χ4n) is 10.1. The van der Waals surface area contributed by atoms with E-state index in [0.717, 1.165) is 25.0 Å². The van der Waals surface area contributed by atoms with Crippen LogP contribution in [-0.2, 0) is 53.4 Å². The molecule has 22 heteroatoms. The Kier molecular flexibility index (Phi) is 17.6. The second kappa shape index (κ2) is 26.1. The number of pyridine rings is 2. The number of carbonyl (C=O) groups is 2. The van der Waals surface area contributed by atoms with E-state index in [0.29, 0.717) is 65.0 Å². The number of aromatic nitrogens is 6. The van der Waals surface area contributed by atoms with Crippen LogP contribution in [-0.4, -0.2) is 78.1 Å². The molecule has 0 spiro atoms. The number of rotatable bonds is 19. The van der Waals surface area contributed by atoms with Crippen molar-refractivity contribution >= 4 is 45.4 Å². The lowest BCUT2D eigenvalue weighted by Crippen LogP contribution is -2.32. The number of fused-ring (bicyclic) bond motifs is 2. The number of esters is 1. The van der Waals surface area contributed by atoms with Crippen LogP contribution >= 0.6 is 0 Å². The average molecular weight is 1200 g/mol. The largest absolute Gasteiger partial charge is 0.478 e. The average Bonchev–Trinajstić information content (AvgIpc) is 1.73. The third-order valence-electron chi connectivity index (χ3n) is 14.8. The zero-order valence-corrected chi connectivity index (χ0v) is 46.8. The maximum absolute atomic E-state index is 15.7. The van der Waals surface area contributed by atoms with Gasteiger partial charge in [0.05, 0.1) is 78.6 Å². The molecular formula is C66H50F6N8O8. The molecule has 0 amide bonds. The quantitative estimate of drug-likeness (QED) is 0.0462. The van der Waals surface area contributed by atoms with Crippen molar-refractivity contribution in [2.45, 2.75) is 71.1 Å². The molecule has 10 aromatic rings. The van der Waals surface area contributed by atoms with E-state index in [9.17, 15) is 23.5 Å². The first-order valence-corrected chi connectivity index (χ1v) is 27.7. The Balaban J connectivity index is 0.000000182. The number of aromatic carboxylic acids is 1. The first-order valence-electron chi connectivity index (χ1n) is 27.7. The number of benzene rings is 6. The van der Waals surface area contributed by atoms with Gasteiger partial charge in [-0.25, -0.2) is 65.6 Å². The smallest absolute Gasteiger partial charge is 0.341 e. The minimum Gasteiger partial charge on any atom is -0.478 e. The number of hydrogen-bond acceptors (Lipinski definition) is 11. The molecule has 2 fully saturated rings. The molecule has 2 aliphatic heterocycles. The molecule has 16 nitrogen and oxygen atoms in total. The summed E-state index contributed by atoms with van der Waals surface area (Å²) in [7, 11) is 0. The molecule has 6 aromatic carbocycles. The third-order valence-corrected chi connectivity index (χ3v) is 14.8. The maximum Gasteiger partial charge on any atom is 0.341 e.